The molecule has 0 amide bonds. The Labute approximate surface area is 191 Å². The molecule has 0 spiro atoms. The van der Waals surface area contributed by atoms with E-state index in [1.807, 2.05) is 0 Å². The van der Waals surface area contributed by atoms with Gasteiger partial charge in [-0.25, -0.2) is 0 Å². The van der Waals surface area contributed by atoms with Crippen molar-refractivity contribution in [3.8, 4) is 16.8 Å². The lowest BCUT2D eigenvalue weighted by Gasteiger charge is -2.15. The molecule has 156 valence electrons. The molecule has 0 aliphatic heterocycles. The van der Waals surface area contributed by atoms with Crippen molar-refractivity contribution < 1.29 is 0 Å². The number of aryl methyl sites for hydroxylation is 1. The Kier molecular flexibility index (Phi) is 3.80. The van der Waals surface area contributed by atoms with Gasteiger partial charge in [0, 0.05) is 39.7 Å². The molecule has 2 heterocycles. The summed E-state index contributed by atoms with van der Waals surface area (Å²) in [6.07, 6.45) is 0. The maximum Gasteiger partial charge on any atom is 0.0785 e. The number of fused-ring (bicyclic) bond motifs is 7. The molecule has 0 atom stereocenters. The SMILES string of the molecule is Cn1c2ccccc2c2ccc3c4ccccc4n(-c4ccccc4-c4ccccc4)c3c21. The van der Waals surface area contributed by atoms with Crippen molar-refractivity contribution in [1.29, 1.82) is 0 Å². The third-order valence-electron chi connectivity index (χ3n) is 6.93. The minimum Gasteiger partial charge on any atom is -0.342 e. The van der Waals surface area contributed by atoms with Crippen LogP contribution in [-0.2, 0) is 7.05 Å². The minimum atomic E-state index is 1.20. The summed E-state index contributed by atoms with van der Waals surface area (Å²) < 4.78 is 4.82. The molecule has 2 nitrogen and oxygen atoms in total. The molecule has 0 saturated heterocycles. The van der Waals surface area contributed by atoms with Gasteiger partial charge in [-0.05, 0) is 23.8 Å². The molecule has 2 aromatic heterocycles. The van der Waals surface area contributed by atoms with E-state index in [1.165, 1.54) is 60.4 Å². The summed E-state index contributed by atoms with van der Waals surface area (Å²) in [5.41, 5.74) is 8.68. The highest BCUT2D eigenvalue weighted by molar-refractivity contribution is 6.23. The third-order valence-corrected chi connectivity index (χ3v) is 6.93. The smallest absolute Gasteiger partial charge is 0.0785 e. The standard InChI is InChI=1S/C31H22N2/c1-32-27-16-8-6-14-23(27)25-19-20-26-24-15-7-10-18-29(24)33(31(26)30(25)32)28-17-9-5-13-22(28)21-11-3-2-4-12-21/h2-20H,1H3. The predicted octanol–water partition coefficient (Wildman–Crippen LogP) is 8.10. The van der Waals surface area contributed by atoms with Crippen molar-refractivity contribution in [3.05, 3.63) is 115 Å². The molecule has 5 aromatic carbocycles. The number of para-hydroxylation sites is 3. The third kappa shape index (κ3) is 2.49. The molecule has 2 heteroatoms. The lowest BCUT2D eigenvalue weighted by atomic mass is 10.0. The molecule has 0 bridgehead atoms. The summed E-state index contributed by atoms with van der Waals surface area (Å²) in [6, 6.07) is 41.5. The first kappa shape index (κ1) is 18.3. The van der Waals surface area contributed by atoms with Crippen LogP contribution in [0.4, 0.5) is 0 Å². The number of nitrogens with zero attached hydrogens (tertiary/aromatic N) is 2. The Hall–Kier alpha value is -4.30. The summed E-state index contributed by atoms with van der Waals surface area (Å²) in [5, 5.41) is 5.15. The van der Waals surface area contributed by atoms with Crippen LogP contribution in [0.5, 0.6) is 0 Å². The lowest BCUT2D eigenvalue weighted by Crippen LogP contribution is -1.99. The van der Waals surface area contributed by atoms with Crippen LogP contribution in [0, 0.1) is 0 Å². The highest BCUT2D eigenvalue weighted by Crippen LogP contribution is 2.41. The van der Waals surface area contributed by atoms with E-state index in [0.29, 0.717) is 0 Å². The Morgan fingerprint density at radius 3 is 1.82 bits per heavy atom. The normalized spacial score (nSPS) is 11.8. The Morgan fingerprint density at radius 1 is 0.455 bits per heavy atom. The quantitative estimate of drug-likeness (QED) is 0.266. The second kappa shape index (κ2) is 6.85. The van der Waals surface area contributed by atoms with Gasteiger partial charge in [-0.3, -0.25) is 0 Å². The van der Waals surface area contributed by atoms with Gasteiger partial charge in [0.05, 0.1) is 22.2 Å². The Bertz CT molecular complexity index is 1820. The van der Waals surface area contributed by atoms with Crippen LogP contribution in [0.15, 0.2) is 115 Å². The largest absolute Gasteiger partial charge is 0.342 e. The van der Waals surface area contributed by atoms with Crippen molar-refractivity contribution in [2.45, 2.75) is 0 Å². The number of hydrogen-bond donors (Lipinski definition) is 0. The molecule has 0 saturated carbocycles. The van der Waals surface area contributed by atoms with Gasteiger partial charge >= 0.3 is 0 Å². The Morgan fingerprint density at radius 2 is 1.03 bits per heavy atom. The van der Waals surface area contributed by atoms with Crippen LogP contribution in [0.1, 0.15) is 0 Å². The molecular weight excluding hydrogens is 400 g/mol. The van der Waals surface area contributed by atoms with E-state index in [-0.39, 0.29) is 0 Å². The number of benzene rings is 5. The van der Waals surface area contributed by atoms with Crippen LogP contribution in [-0.4, -0.2) is 9.13 Å². The van der Waals surface area contributed by atoms with Crippen LogP contribution in [0.2, 0.25) is 0 Å². The second-order valence-electron chi connectivity index (χ2n) is 8.67. The Balaban J connectivity index is 1.73. The van der Waals surface area contributed by atoms with Gasteiger partial charge in [0.2, 0.25) is 0 Å². The average Bonchev–Trinajstić information content (AvgIpc) is 3.37. The van der Waals surface area contributed by atoms with Crippen LogP contribution in [0.3, 0.4) is 0 Å². The van der Waals surface area contributed by atoms with Crippen LogP contribution < -0.4 is 0 Å². The maximum absolute atomic E-state index is 2.47. The van der Waals surface area contributed by atoms with Crippen LogP contribution >= 0.6 is 0 Å². The highest BCUT2D eigenvalue weighted by atomic mass is 15.0. The van der Waals surface area contributed by atoms with Crippen molar-refractivity contribution in [2.75, 3.05) is 0 Å². The minimum absolute atomic E-state index is 1.20. The summed E-state index contributed by atoms with van der Waals surface area (Å²) in [6.45, 7) is 0. The molecule has 0 radical (unpaired) electrons. The summed E-state index contributed by atoms with van der Waals surface area (Å²) in [5.74, 6) is 0. The van der Waals surface area contributed by atoms with Gasteiger partial charge in [-0.2, -0.15) is 0 Å². The van der Waals surface area contributed by atoms with E-state index in [4.69, 9.17) is 0 Å². The van der Waals surface area contributed by atoms with Crippen molar-refractivity contribution >= 4 is 43.6 Å². The summed E-state index contributed by atoms with van der Waals surface area (Å²) in [7, 11) is 2.19. The number of rotatable bonds is 2. The fourth-order valence-corrected chi connectivity index (χ4v) is 5.49. The monoisotopic (exact) mass is 422 g/mol. The predicted molar refractivity (Wildman–Crippen MR) is 140 cm³/mol. The second-order valence-corrected chi connectivity index (χ2v) is 8.67. The van der Waals surface area contributed by atoms with Crippen molar-refractivity contribution in [2.24, 2.45) is 7.05 Å². The van der Waals surface area contributed by atoms with E-state index in [2.05, 4.69) is 131 Å². The average molecular weight is 423 g/mol. The molecule has 0 aliphatic rings. The van der Waals surface area contributed by atoms with E-state index in [0.717, 1.165) is 0 Å². The number of aromatic nitrogens is 2. The van der Waals surface area contributed by atoms with Gasteiger partial charge in [0.15, 0.2) is 0 Å². The molecule has 0 unspecified atom stereocenters. The topological polar surface area (TPSA) is 9.86 Å². The molecular formula is C31H22N2. The zero-order chi connectivity index (χ0) is 21.9. The first-order chi connectivity index (χ1) is 16.3. The molecule has 0 aliphatic carbocycles. The number of hydrogen-bond acceptors (Lipinski definition) is 0. The van der Waals surface area contributed by atoms with E-state index >= 15 is 0 Å². The van der Waals surface area contributed by atoms with E-state index < -0.39 is 0 Å². The molecule has 0 N–H and O–H groups in total. The first-order valence-corrected chi connectivity index (χ1v) is 11.4. The summed E-state index contributed by atoms with van der Waals surface area (Å²) >= 11 is 0. The van der Waals surface area contributed by atoms with E-state index in [9.17, 15) is 0 Å². The molecule has 7 rings (SSSR count). The zero-order valence-electron chi connectivity index (χ0n) is 18.4. The fourth-order valence-electron chi connectivity index (χ4n) is 5.49. The van der Waals surface area contributed by atoms with E-state index in [1.54, 1.807) is 0 Å². The van der Waals surface area contributed by atoms with Crippen molar-refractivity contribution in [3.63, 3.8) is 0 Å². The van der Waals surface area contributed by atoms with Crippen LogP contribution in [0.25, 0.3) is 60.4 Å². The van der Waals surface area contributed by atoms with Gasteiger partial charge in [0.1, 0.15) is 0 Å². The van der Waals surface area contributed by atoms with Gasteiger partial charge < -0.3 is 9.13 Å². The first-order valence-electron chi connectivity index (χ1n) is 11.4. The maximum atomic E-state index is 2.47. The van der Waals surface area contributed by atoms with Gasteiger partial charge in [0.25, 0.3) is 0 Å². The summed E-state index contributed by atoms with van der Waals surface area (Å²) in [4.78, 5) is 0. The zero-order valence-corrected chi connectivity index (χ0v) is 18.4. The van der Waals surface area contributed by atoms with Gasteiger partial charge in [-0.15, -0.1) is 0 Å². The molecule has 7 aromatic rings. The van der Waals surface area contributed by atoms with Gasteiger partial charge in [-0.1, -0.05) is 97.1 Å². The molecule has 33 heavy (non-hydrogen) atoms. The van der Waals surface area contributed by atoms with Crippen molar-refractivity contribution in [1.82, 2.24) is 9.13 Å². The molecule has 0 fully saturated rings. The lowest BCUT2D eigenvalue weighted by molar-refractivity contribution is 1.01. The fraction of sp³-hybridized carbons (Fsp3) is 0.0323. The highest BCUT2D eigenvalue weighted by Gasteiger charge is 2.20.